The van der Waals surface area contributed by atoms with E-state index in [0.29, 0.717) is 53.3 Å². The van der Waals surface area contributed by atoms with Crippen LogP contribution >= 0.6 is 0 Å². The van der Waals surface area contributed by atoms with Crippen molar-refractivity contribution < 1.29 is 48.0 Å². The first-order valence-corrected chi connectivity index (χ1v) is 29.8. The molecule has 2 saturated heterocycles. The van der Waals surface area contributed by atoms with Gasteiger partial charge in [0.2, 0.25) is 11.9 Å². The number of nitrogens with one attached hydrogen (secondary N) is 3. The maximum Gasteiger partial charge on any atom is 0.410 e. The topological polar surface area (TPSA) is 289 Å². The monoisotopic (exact) mass is 1140 g/mol. The number of nitrogens with zero attached hydrogens (tertiary/aromatic N) is 6. The fourth-order valence-electron chi connectivity index (χ4n) is 15.0. The predicted molar refractivity (Wildman–Crippen MR) is 310 cm³/mol. The molecule has 1 spiro atoms. The van der Waals surface area contributed by atoms with Crippen molar-refractivity contribution >= 4 is 58.6 Å². The largest absolute Gasteiger partial charge is 0.480 e. The van der Waals surface area contributed by atoms with E-state index in [1.54, 1.807) is 56.1 Å². The zero-order chi connectivity index (χ0) is 59.1. The number of aromatic nitrogens is 4. The van der Waals surface area contributed by atoms with Gasteiger partial charge in [-0.2, -0.15) is 9.97 Å². The van der Waals surface area contributed by atoms with E-state index in [4.69, 9.17) is 30.4 Å². The number of benzene rings is 1. The predicted octanol–water partition coefficient (Wildman–Crippen LogP) is 8.27. The van der Waals surface area contributed by atoms with Crippen LogP contribution in [0.3, 0.4) is 0 Å². The number of carboxylic acids is 1. The second kappa shape index (κ2) is 24.1. The standard InChI is InChI=1S/C61H89N11O10/c1-34-19-24-61(79-33-34)37(4)49-47(81-61)26-45-43-16-13-39-25-42(20-22-59(39,8)44(43)21-23-60(45,49)9)80-56(77)66-28-36(3)31-72(57(78)82-58(5,6)7)30-35(2)27-64-48(73)18-17-46(54(75)76)68-53(74)38-11-14-41(15-12-38)71(10)32-40-29-65-52-50(67-40)51(62)69-55(63)70-52/h11-15,29,34-37,42-47,49H,16-28,30-33H2,1-10H3,(H,64,73)(H,66,77)(H,68,74)(H,75,76)(H4,62,63,65,69,70)/t34-,35?,36?,37+,42+,43?,44?,45?,46+,47+,49+,59+,60+,61-/m1/s1. The normalized spacial score (nSPS) is 30.3. The van der Waals surface area contributed by atoms with E-state index in [0.717, 1.165) is 50.8 Å². The molecule has 8 N–H and O–H groups in total. The Kier molecular flexibility index (Phi) is 17.7. The highest BCUT2D eigenvalue weighted by atomic mass is 16.7. The number of aliphatic carboxylic acids is 1. The summed E-state index contributed by atoms with van der Waals surface area (Å²) in [5.74, 6) is 0.427. The van der Waals surface area contributed by atoms with Gasteiger partial charge in [-0.15, -0.1) is 0 Å². The summed E-state index contributed by atoms with van der Waals surface area (Å²) in [6, 6.07) is 5.26. The maximum atomic E-state index is 13.6. The number of anilines is 3. The molecule has 448 valence electrons. The summed E-state index contributed by atoms with van der Waals surface area (Å²) in [5, 5.41) is 18.4. The third-order valence-corrected chi connectivity index (χ3v) is 19.3. The Morgan fingerprint density at radius 1 is 0.927 bits per heavy atom. The molecule has 4 aliphatic carbocycles. The third-order valence-electron chi connectivity index (χ3n) is 19.3. The lowest BCUT2D eigenvalue weighted by molar-refractivity contribution is -0.272. The lowest BCUT2D eigenvalue weighted by Crippen LogP contribution is -2.52. The molecule has 9 rings (SSSR count). The Morgan fingerprint density at radius 3 is 2.33 bits per heavy atom. The number of carbonyl (C=O) groups excluding carboxylic acids is 4. The summed E-state index contributed by atoms with van der Waals surface area (Å²) in [6.07, 6.45) is 12.2. The van der Waals surface area contributed by atoms with E-state index in [1.807, 2.05) is 25.8 Å². The molecule has 3 saturated carbocycles. The first-order chi connectivity index (χ1) is 38.7. The molecule has 4 heterocycles. The van der Waals surface area contributed by atoms with Gasteiger partial charge in [-0.1, -0.05) is 53.2 Å². The molecule has 1 aromatic carbocycles. The van der Waals surface area contributed by atoms with Gasteiger partial charge in [0.05, 0.1) is 31.1 Å². The Labute approximate surface area is 482 Å². The van der Waals surface area contributed by atoms with Crippen LogP contribution in [0.4, 0.5) is 27.0 Å². The highest BCUT2D eigenvalue weighted by Crippen LogP contribution is 2.70. The van der Waals surface area contributed by atoms with Crippen LogP contribution in [0.2, 0.25) is 0 Å². The van der Waals surface area contributed by atoms with Gasteiger partial charge in [0.1, 0.15) is 17.7 Å². The van der Waals surface area contributed by atoms with Crippen LogP contribution in [0.25, 0.3) is 11.2 Å². The van der Waals surface area contributed by atoms with Crippen molar-refractivity contribution in [3.63, 3.8) is 0 Å². The van der Waals surface area contributed by atoms with Crippen molar-refractivity contribution in [3.05, 3.63) is 53.4 Å². The van der Waals surface area contributed by atoms with Crippen molar-refractivity contribution in [3.8, 4) is 0 Å². The molecular formula is C61H89N11O10. The number of amides is 4. The average Bonchev–Trinajstić information content (AvgIpc) is 2.01. The summed E-state index contributed by atoms with van der Waals surface area (Å²) in [7, 11) is 1.83. The highest BCUT2D eigenvalue weighted by molar-refractivity contribution is 5.97. The van der Waals surface area contributed by atoms with Crippen LogP contribution in [0, 0.1) is 58.2 Å². The quantitative estimate of drug-likeness (QED) is 0.0653. The van der Waals surface area contributed by atoms with E-state index in [9.17, 15) is 29.1 Å². The minimum atomic E-state index is -1.33. The van der Waals surface area contributed by atoms with Crippen molar-refractivity contribution in [2.24, 2.45) is 58.2 Å². The first-order valence-electron chi connectivity index (χ1n) is 29.8. The molecule has 21 heteroatoms. The minimum Gasteiger partial charge on any atom is -0.480 e. The minimum absolute atomic E-state index is 0.00316. The van der Waals surface area contributed by atoms with Crippen LogP contribution in [0.1, 0.15) is 149 Å². The molecule has 82 heavy (non-hydrogen) atoms. The fourth-order valence-corrected chi connectivity index (χ4v) is 15.0. The Balaban J connectivity index is 0.704. The van der Waals surface area contributed by atoms with Gasteiger partial charge in [0, 0.05) is 69.7 Å². The smallest absolute Gasteiger partial charge is 0.410 e. The molecule has 5 fully saturated rings. The number of hydrogen-bond acceptors (Lipinski definition) is 16. The molecule has 6 aliphatic rings. The van der Waals surface area contributed by atoms with Crippen LogP contribution < -0.4 is 32.3 Å². The van der Waals surface area contributed by atoms with Gasteiger partial charge in [0.15, 0.2) is 22.8 Å². The zero-order valence-electron chi connectivity index (χ0n) is 49.8. The number of allylic oxidation sites excluding steroid dienone is 1. The summed E-state index contributed by atoms with van der Waals surface area (Å²) in [4.78, 5) is 85.8. The van der Waals surface area contributed by atoms with E-state index >= 15 is 0 Å². The average molecular weight is 1140 g/mol. The van der Waals surface area contributed by atoms with Gasteiger partial charge in [-0.3, -0.25) is 9.59 Å². The van der Waals surface area contributed by atoms with Crippen LogP contribution in [0.5, 0.6) is 0 Å². The molecule has 21 nitrogen and oxygen atoms in total. The van der Waals surface area contributed by atoms with Crippen LogP contribution in [0.15, 0.2) is 42.1 Å². The van der Waals surface area contributed by atoms with E-state index in [1.165, 1.54) is 24.8 Å². The van der Waals surface area contributed by atoms with Gasteiger partial charge in [-0.25, -0.2) is 24.4 Å². The zero-order valence-corrected chi connectivity index (χ0v) is 49.8. The molecule has 3 aromatic rings. The number of fused-ring (bicyclic) bond motifs is 8. The molecule has 14 atom stereocenters. The van der Waals surface area contributed by atoms with E-state index in [-0.39, 0.29) is 96.9 Å². The van der Waals surface area contributed by atoms with Crippen molar-refractivity contribution in [2.45, 2.75) is 169 Å². The lowest BCUT2D eigenvalue weighted by Gasteiger charge is -2.58. The molecule has 2 aliphatic heterocycles. The van der Waals surface area contributed by atoms with Crippen molar-refractivity contribution in [1.82, 2.24) is 40.8 Å². The van der Waals surface area contributed by atoms with Crippen LogP contribution in [-0.4, -0.2) is 129 Å². The SMILES string of the molecule is CC(CNC(=O)CC[C@H](NC(=O)c1ccc(N(C)Cc2cnc3nc(N)nc(N)c3n2)cc1)C(=O)O)CN(CC(C)CNC(=O)O[C@H]1CC[C@@]2(C)C(=CCC3C2CC[C@@]2(C)C3C[C@@H]3O[C@]4(CC[C@@H](C)CO4)[C@@H](C)[C@@H]32)C1)C(=O)OC(C)(C)C. The number of carboxylic acid groups (broad SMARTS) is 1. The molecule has 0 radical (unpaired) electrons. The Bertz CT molecular complexity index is 2870. The fraction of sp³-hybridized carbons (Fsp3) is 0.689. The molecule has 5 unspecified atom stereocenters. The molecule has 2 aromatic heterocycles. The lowest BCUT2D eigenvalue weighted by atomic mass is 9.47. The number of nitrogen functional groups attached to an aromatic ring is 2. The number of ether oxygens (including phenoxy) is 4. The highest BCUT2D eigenvalue weighted by Gasteiger charge is 2.68. The summed E-state index contributed by atoms with van der Waals surface area (Å²) < 4.78 is 25.5. The molecule has 4 amide bonds. The Hall–Kier alpha value is -6.35. The second-order valence-electron chi connectivity index (χ2n) is 26.6. The van der Waals surface area contributed by atoms with Crippen LogP contribution in [-0.2, 0) is 35.1 Å². The number of carbonyl (C=O) groups is 5. The number of nitrogens with two attached hydrogens (primary N) is 2. The van der Waals surface area contributed by atoms with E-state index < -0.39 is 47.4 Å². The third kappa shape index (κ3) is 13.0. The Morgan fingerprint density at radius 2 is 1.65 bits per heavy atom. The van der Waals surface area contributed by atoms with Crippen molar-refractivity contribution in [2.75, 3.05) is 56.2 Å². The number of alkyl carbamates (subject to hydrolysis) is 1. The van der Waals surface area contributed by atoms with Gasteiger partial charge in [0.25, 0.3) is 5.91 Å². The second-order valence-corrected chi connectivity index (χ2v) is 26.6. The van der Waals surface area contributed by atoms with Crippen molar-refractivity contribution in [1.29, 1.82) is 0 Å². The van der Waals surface area contributed by atoms with Gasteiger partial charge >= 0.3 is 18.2 Å². The maximum absolute atomic E-state index is 13.6. The summed E-state index contributed by atoms with van der Waals surface area (Å²) in [6.45, 7) is 21.1. The summed E-state index contributed by atoms with van der Waals surface area (Å²) >= 11 is 0. The number of rotatable bonds is 18. The number of hydrogen-bond donors (Lipinski definition) is 6. The van der Waals surface area contributed by atoms with Gasteiger partial charge in [-0.05, 0) is 149 Å². The molecule has 0 bridgehead atoms. The summed E-state index contributed by atoms with van der Waals surface area (Å²) in [5.41, 5.74) is 14.9. The van der Waals surface area contributed by atoms with Gasteiger partial charge < -0.3 is 61.3 Å². The first kappa shape index (κ1) is 60.2. The van der Waals surface area contributed by atoms with E-state index in [2.05, 4.69) is 69.7 Å². The molecular weight excluding hydrogens is 1050 g/mol.